The van der Waals surface area contributed by atoms with E-state index in [4.69, 9.17) is 4.74 Å². The molecule has 0 aromatic carbocycles. The number of ether oxygens (including phenoxy) is 1. The Morgan fingerprint density at radius 2 is 2.08 bits per heavy atom. The average molecular weight is 379 g/mol. The van der Waals surface area contributed by atoms with Gasteiger partial charge in [0.25, 0.3) is 15.6 Å². The third-order valence-electron chi connectivity index (χ3n) is 4.86. The molecule has 140 valence electrons. The molecule has 0 saturated carbocycles. The van der Waals surface area contributed by atoms with E-state index in [1.54, 1.807) is 17.7 Å². The molecule has 2 aliphatic rings. The second-order valence-electron chi connectivity index (χ2n) is 6.82. The van der Waals surface area contributed by atoms with Crippen molar-refractivity contribution in [3.05, 3.63) is 40.2 Å². The number of hydrogen-bond donors (Lipinski definition) is 1. The van der Waals surface area contributed by atoms with Crippen LogP contribution in [0.3, 0.4) is 0 Å². The summed E-state index contributed by atoms with van der Waals surface area (Å²) in [5.74, 6) is 0. The highest BCUT2D eigenvalue weighted by Gasteiger charge is 2.36. The molecule has 1 N–H and O–H groups in total. The Labute approximate surface area is 151 Å². The highest BCUT2D eigenvalue weighted by Crippen LogP contribution is 2.22. The van der Waals surface area contributed by atoms with Gasteiger partial charge in [-0.2, -0.15) is 5.10 Å². The zero-order valence-electron chi connectivity index (χ0n) is 14.5. The Bertz CT molecular complexity index is 981. The molecule has 10 heteroatoms. The van der Waals surface area contributed by atoms with Crippen LogP contribution in [0.2, 0.25) is 0 Å². The first-order valence-electron chi connectivity index (χ1n) is 8.64. The second kappa shape index (κ2) is 6.60. The SMILES string of the molecule is Cn1cnc(S(=O)(=O)NC2COCC2n2nc3c(cc2=O)CCCC3)c1. The molecule has 0 radical (unpaired) electrons. The van der Waals surface area contributed by atoms with E-state index in [2.05, 4.69) is 14.8 Å². The summed E-state index contributed by atoms with van der Waals surface area (Å²) in [6.07, 6.45) is 6.68. The maximum absolute atomic E-state index is 12.5. The van der Waals surface area contributed by atoms with Gasteiger partial charge in [0.1, 0.15) is 0 Å². The van der Waals surface area contributed by atoms with Crippen LogP contribution in [0.25, 0.3) is 0 Å². The van der Waals surface area contributed by atoms with Crippen LogP contribution in [0.4, 0.5) is 0 Å². The summed E-state index contributed by atoms with van der Waals surface area (Å²) in [4.78, 5) is 16.4. The van der Waals surface area contributed by atoms with Gasteiger partial charge in [0.05, 0.1) is 37.3 Å². The minimum atomic E-state index is -3.80. The van der Waals surface area contributed by atoms with Crippen molar-refractivity contribution in [3.8, 4) is 0 Å². The van der Waals surface area contributed by atoms with Crippen molar-refractivity contribution in [1.82, 2.24) is 24.1 Å². The van der Waals surface area contributed by atoms with Crippen molar-refractivity contribution in [2.75, 3.05) is 13.2 Å². The largest absolute Gasteiger partial charge is 0.377 e. The lowest BCUT2D eigenvalue weighted by molar-refractivity contribution is 0.181. The molecule has 26 heavy (non-hydrogen) atoms. The molecule has 9 nitrogen and oxygen atoms in total. The van der Waals surface area contributed by atoms with E-state index < -0.39 is 22.1 Å². The van der Waals surface area contributed by atoms with Crippen molar-refractivity contribution in [2.24, 2.45) is 7.05 Å². The molecule has 1 saturated heterocycles. The monoisotopic (exact) mass is 379 g/mol. The quantitative estimate of drug-likeness (QED) is 0.786. The van der Waals surface area contributed by atoms with Gasteiger partial charge in [0, 0.05) is 19.3 Å². The maximum atomic E-state index is 12.5. The molecule has 3 heterocycles. The van der Waals surface area contributed by atoms with Crippen molar-refractivity contribution in [1.29, 1.82) is 0 Å². The van der Waals surface area contributed by atoms with E-state index >= 15 is 0 Å². The van der Waals surface area contributed by atoms with Gasteiger partial charge < -0.3 is 9.30 Å². The Balaban J connectivity index is 1.62. The van der Waals surface area contributed by atoms with Gasteiger partial charge in [0.15, 0.2) is 5.03 Å². The summed E-state index contributed by atoms with van der Waals surface area (Å²) in [6.45, 7) is 0.420. The summed E-state index contributed by atoms with van der Waals surface area (Å²) in [5, 5.41) is 4.46. The standard InChI is InChI=1S/C16H21N5O4S/c1-20-7-15(17-10-20)26(23,24)19-13-8-25-9-14(13)21-16(22)6-11-4-2-3-5-12(11)18-21/h6-7,10,13-14,19H,2-5,8-9H2,1H3. The molecule has 0 spiro atoms. The molecule has 2 atom stereocenters. The minimum Gasteiger partial charge on any atom is -0.377 e. The van der Waals surface area contributed by atoms with Crippen molar-refractivity contribution < 1.29 is 13.2 Å². The molecule has 1 aliphatic carbocycles. The van der Waals surface area contributed by atoms with Crippen LogP contribution in [0, 0.1) is 0 Å². The first kappa shape index (κ1) is 17.4. The molecule has 0 amide bonds. The molecule has 2 unspecified atom stereocenters. The Hall–Kier alpha value is -2.04. The van der Waals surface area contributed by atoms with Crippen LogP contribution >= 0.6 is 0 Å². The number of aromatic nitrogens is 4. The van der Waals surface area contributed by atoms with E-state index in [1.807, 2.05) is 0 Å². The summed E-state index contributed by atoms with van der Waals surface area (Å²) in [7, 11) is -2.10. The zero-order chi connectivity index (χ0) is 18.3. The molecule has 2 aromatic heterocycles. The fourth-order valence-electron chi connectivity index (χ4n) is 3.50. The van der Waals surface area contributed by atoms with Crippen LogP contribution in [-0.2, 0) is 34.6 Å². The molecule has 1 aliphatic heterocycles. The van der Waals surface area contributed by atoms with Gasteiger partial charge in [-0.15, -0.1) is 0 Å². The zero-order valence-corrected chi connectivity index (χ0v) is 15.3. The number of aryl methyl sites for hydroxylation is 3. The Morgan fingerprint density at radius 1 is 1.27 bits per heavy atom. The summed E-state index contributed by atoms with van der Waals surface area (Å²) >= 11 is 0. The van der Waals surface area contributed by atoms with Crippen LogP contribution < -0.4 is 10.3 Å². The Morgan fingerprint density at radius 3 is 2.85 bits per heavy atom. The van der Waals surface area contributed by atoms with Crippen LogP contribution in [-0.4, -0.2) is 47.0 Å². The number of hydrogen-bond acceptors (Lipinski definition) is 6. The molecule has 1 fully saturated rings. The molecule has 2 aromatic rings. The number of sulfonamides is 1. The predicted molar refractivity (Wildman–Crippen MR) is 92.3 cm³/mol. The fraction of sp³-hybridized carbons (Fsp3) is 0.562. The van der Waals surface area contributed by atoms with Crippen molar-refractivity contribution in [2.45, 2.75) is 42.8 Å². The number of fused-ring (bicyclic) bond motifs is 1. The maximum Gasteiger partial charge on any atom is 0.267 e. The topological polar surface area (TPSA) is 108 Å². The van der Waals surface area contributed by atoms with Gasteiger partial charge in [-0.25, -0.2) is 22.8 Å². The van der Waals surface area contributed by atoms with Crippen molar-refractivity contribution >= 4 is 10.0 Å². The average Bonchev–Trinajstić information content (AvgIpc) is 3.23. The minimum absolute atomic E-state index is 0.0589. The predicted octanol–water partition coefficient (Wildman–Crippen LogP) is -0.226. The summed E-state index contributed by atoms with van der Waals surface area (Å²) in [6, 6.07) is 0.575. The normalized spacial score (nSPS) is 23.1. The Kier molecular flexibility index (Phi) is 4.41. The van der Waals surface area contributed by atoms with Crippen LogP contribution in [0.15, 0.2) is 28.4 Å². The molecule has 4 rings (SSSR count). The molecular formula is C16H21N5O4S. The molecule has 0 bridgehead atoms. The van der Waals surface area contributed by atoms with E-state index in [0.29, 0.717) is 0 Å². The second-order valence-corrected chi connectivity index (χ2v) is 8.48. The fourth-order valence-corrected chi connectivity index (χ4v) is 4.73. The number of nitrogens with zero attached hydrogens (tertiary/aromatic N) is 4. The smallest absolute Gasteiger partial charge is 0.267 e. The van der Waals surface area contributed by atoms with Gasteiger partial charge in [-0.1, -0.05) is 0 Å². The van der Waals surface area contributed by atoms with Gasteiger partial charge in [-0.05, 0) is 31.2 Å². The van der Waals surface area contributed by atoms with E-state index in [0.717, 1.165) is 36.9 Å². The first-order valence-corrected chi connectivity index (χ1v) is 10.1. The first-order chi connectivity index (χ1) is 12.4. The summed E-state index contributed by atoms with van der Waals surface area (Å²) < 4.78 is 36.1. The highest BCUT2D eigenvalue weighted by atomic mass is 32.2. The van der Waals surface area contributed by atoms with Crippen LogP contribution in [0.1, 0.15) is 30.1 Å². The number of rotatable bonds is 4. The molecular weight excluding hydrogens is 358 g/mol. The summed E-state index contributed by atoms with van der Waals surface area (Å²) in [5.41, 5.74) is 1.71. The lowest BCUT2D eigenvalue weighted by atomic mass is 9.97. The lowest BCUT2D eigenvalue weighted by Crippen LogP contribution is -2.44. The van der Waals surface area contributed by atoms with Gasteiger partial charge >= 0.3 is 0 Å². The van der Waals surface area contributed by atoms with E-state index in [1.165, 1.54) is 17.2 Å². The van der Waals surface area contributed by atoms with E-state index in [9.17, 15) is 13.2 Å². The number of imidazole rings is 1. The van der Waals surface area contributed by atoms with Gasteiger partial charge in [-0.3, -0.25) is 4.79 Å². The van der Waals surface area contributed by atoms with E-state index in [-0.39, 0.29) is 23.8 Å². The number of nitrogens with one attached hydrogen (secondary N) is 1. The lowest BCUT2D eigenvalue weighted by Gasteiger charge is -2.22. The highest BCUT2D eigenvalue weighted by molar-refractivity contribution is 7.89. The van der Waals surface area contributed by atoms with Crippen LogP contribution in [0.5, 0.6) is 0 Å². The van der Waals surface area contributed by atoms with Crippen molar-refractivity contribution in [3.63, 3.8) is 0 Å². The third-order valence-corrected chi connectivity index (χ3v) is 6.23. The third kappa shape index (κ3) is 3.19. The van der Waals surface area contributed by atoms with Gasteiger partial charge in [0.2, 0.25) is 0 Å².